The van der Waals surface area contributed by atoms with Gasteiger partial charge in [0, 0.05) is 25.5 Å². The van der Waals surface area contributed by atoms with Gasteiger partial charge in [0.2, 0.25) is 0 Å². The zero-order chi connectivity index (χ0) is 18.1. The molecule has 0 aliphatic carbocycles. The molecular formula is C17H24N2O4S. The lowest BCUT2D eigenvalue weighted by Gasteiger charge is -2.30. The summed E-state index contributed by atoms with van der Waals surface area (Å²) in [5.74, 6) is -0.671. The maximum absolute atomic E-state index is 12.6. The molecule has 1 aliphatic heterocycles. The maximum Gasteiger partial charge on any atom is 0.412 e. The lowest BCUT2D eigenvalue weighted by molar-refractivity contribution is -0.142. The molecule has 0 radical (unpaired) electrons. The molecule has 1 aliphatic rings. The molecular weight excluding hydrogens is 328 g/mol. The van der Waals surface area contributed by atoms with Crippen LogP contribution in [0.4, 0.5) is 10.5 Å². The molecule has 7 heteroatoms. The van der Waals surface area contributed by atoms with Gasteiger partial charge in [0.15, 0.2) is 0 Å². The van der Waals surface area contributed by atoms with Crippen LogP contribution in [-0.2, 0) is 9.53 Å². The molecule has 1 aromatic carbocycles. The molecule has 132 valence electrons. The SMILES string of the molecule is CN(C)c1ccc(C2SC[C@@H](C(=O)O)N2C(=O)OC(C)(C)C)cc1. The topological polar surface area (TPSA) is 70.1 Å². The molecule has 0 saturated carbocycles. The van der Waals surface area contributed by atoms with Crippen LogP contribution in [0.5, 0.6) is 0 Å². The quantitative estimate of drug-likeness (QED) is 0.901. The number of benzene rings is 1. The van der Waals surface area contributed by atoms with E-state index >= 15 is 0 Å². The highest BCUT2D eigenvalue weighted by molar-refractivity contribution is 7.99. The second kappa shape index (κ2) is 6.93. The van der Waals surface area contributed by atoms with Crippen LogP contribution < -0.4 is 4.90 Å². The summed E-state index contributed by atoms with van der Waals surface area (Å²) >= 11 is 1.44. The zero-order valence-corrected chi connectivity index (χ0v) is 15.5. The van der Waals surface area contributed by atoms with E-state index in [0.717, 1.165) is 11.3 Å². The van der Waals surface area contributed by atoms with Gasteiger partial charge < -0.3 is 14.7 Å². The maximum atomic E-state index is 12.6. The highest BCUT2D eigenvalue weighted by Gasteiger charge is 2.44. The number of nitrogens with zero attached hydrogens (tertiary/aromatic N) is 2. The minimum absolute atomic E-state index is 0.342. The number of carboxylic acid groups (broad SMARTS) is 1. The Hall–Kier alpha value is -1.89. The Kier molecular flexibility index (Phi) is 5.32. The van der Waals surface area contributed by atoms with E-state index in [2.05, 4.69) is 0 Å². The number of carboxylic acids is 1. The largest absolute Gasteiger partial charge is 0.480 e. The summed E-state index contributed by atoms with van der Waals surface area (Å²) in [6.07, 6.45) is -0.596. The summed E-state index contributed by atoms with van der Waals surface area (Å²) in [7, 11) is 3.90. The third-order valence-electron chi connectivity index (χ3n) is 3.58. The summed E-state index contributed by atoms with van der Waals surface area (Å²) in [5, 5.41) is 9.08. The van der Waals surface area contributed by atoms with Crippen molar-refractivity contribution in [2.24, 2.45) is 0 Å². The van der Waals surface area contributed by atoms with Gasteiger partial charge in [0.25, 0.3) is 0 Å². The van der Waals surface area contributed by atoms with Gasteiger partial charge >= 0.3 is 12.1 Å². The van der Waals surface area contributed by atoms with E-state index < -0.39 is 23.7 Å². The van der Waals surface area contributed by atoms with Crippen LogP contribution in [-0.4, -0.2) is 53.6 Å². The van der Waals surface area contributed by atoms with Crippen molar-refractivity contribution < 1.29 is 19.4 Å². The van der Waals surface area contributed by atoms with E-state index in [1.54, 1.807) is 20.8 Å². The van der Waals surface area contributed by atoms with Gasteiger partial charge in [-0.3, -0.25) is 4.90 Å². The molecule has 1 unspecified atom stereocenters. The summed E-state index contributed by atoms with van der Waals surface area (Å²) in [4.78, 5) is 27.4. The van der Waals surface area contributed by atoms with Gasteiger partial charge in [-0.25, -0.2) is 9.59 Å². The second-order valence-corrected chi connectivity index (χ2v) is 8.03. The molecule has 1 N–H and O–H groups in total. The van der Waals surface area contributed by atoms with E-state index in [0.29, 0.717) is 5.75 Å². The lowest BCUT2D eigenvalue weighted by Crippen LogP contribution is -2.45. The Labute approximate surface area is 146 Å². The fraction of sp³-hybridized carbons (Fsp3) is 0.529. The minimum Gasteiger partial charge on any atom is -0.480 e. The highest BCUT2D eigenvalue weighted by Crippen LogP contribution is 2.42. The molecule has 0 aromatic heterocycles. The average Bonchev–Trinajstić information content (AvgIpc) is 2.90. The number of aliphatic carboxylic acids is 1. The molecule has 1 fully saturated rings. The first kappa shape index (κ1) is 18.4. The lowest BCUT2D eigenvalue weighted by atomic mass is 10.1. The van der Waals surface area contributed by atoms with E-state index in [4.69, 9.17) is 4.74 Å². The summed E-state index contributed by atoms with van der Waals surface area (Å²) in [6.45, 7) is 5.31. The fourth-order valence-corrected chi connectivity index (χ4v) is 3.84. The molecule has 1 saturated heterocycles. The Bertz CT molecular complexity index is 610. The van der Waals surface area contributed by atoms with Gasteiger partial charge in [-0.15, -0.1) is 11.8 Å². The predicted octanol–water partition coefficient (Wildman–Crippen LogP) is 3.19. The molecule has 0 bridgehead atoms. The number of hydrogen-bond acceptors (Lipinski definition) is 5. The van der Waals surface area contributed by atoms with E-state index in [-0.39, 0.29) is 5.37 Å². The third kappa shape index (κ3) is 4.14. The van der Waals surface area contributed by atoms with Crippen LogP contribution in [0.2, 0.25) is 0 Å². The van der Waals surface area contributed by atoms with Crippen molar-refractivity contribution in [3.63, 3.8) is 0 Å². The number of anilines is 1. The summed E-state index contributed by atoms with van der Waals surface area (Å²) < 4.78 is 5.42. The van der Waals surface area contributed by atoms with Gasteiger partial charge in [-0.2, -0.15) is 0 Å². The first-order valence-corrected chi connectivity index (χ1v) is 8.78. The smallest absolute Gasteiger partial charge is 0.412 e. The van der Waals surface area contributed by atoms with Crippen molar-refractivity contribution in [2.45, 2.75) is 37.8 Å². The van der Waals surface area contributed by atoms with E-state index in [1.165, 1.54) is 16.7 Å². The first-order chi connectivity index (χ1) is 11.1. The van der Waals surface area contributed by atoms with E-state index in [1.807, 2.05) is 43.3 Å². The van der Waals surface area contributed by atoms with Crippen LogP contribution in [0.1, 0.15) is 31.7 Å². The molecule has 1 aromatic rings. The Balaban J connectivity index is 2.29. The number of carbonyl (C=O) groups is 2. The number of thioether (sulfide) groups is 1. The van der Waals surface area contributed by atoms with Gasteiger partial charge in [-0.05, 0) is 38.5 Å². The van der Waals surface area contributed by atoms with Crippen molar-refractivity contribution in [3.8, 4) is 0 Å². The molecule has 6 nitrogen and oxygen atoms in total. The second-order valence-electron chi connectivity index (χ2n) is 6.91. The number of ether oxygens (including phenoxy) is 1. The summed E-state index contributed by atoms with van der Waals surface area (Å²) in [5.41, 5.74) is 1.26. The summed E-state index contributed by atoms with van der Waals surface area (Å²) in [6, 6.07) is 6.88. The number of rotatable bonds is 3. The Morgan fingerprint density at radius 3 is 2.29 bits per heavy atom. The Morgan fingerprint density at radius 1 is 1.25 bits per heavy atom. The minimum atomic E-state index is -1.01. The van der Waals surface area contributed by atoms with E-state index in [9.17, 15) is 14.7 Å². The monoisotopic (exact) mass is 352 g/mol. The molecule has 0 spiro atoms. The molecule has 1 amide bonds. The predicted molar refractivity (Wildman–Crippen MR) is 95.5 cm³/mol. The van der Waals surface area contributed by atoms with Crippen molar-refractivity contribution >= 4 is 29.5 Å². The van der Waals surface area contributed by atoms with Crippen molar-refractivity contribution in [3.05, 3.63) is 29.8 Å². The van der Waals surface area contributed by atoms with Crippen LogP contribution >= 0.6 is 11.8 Å². The first-order valence-electron chi connectivity index (χ1n) is 7.73. The molecule has 2 rings (SSSR count). The van der Waals surface area contributed by atoms with Crippen molar-refractivity contribution in [1.29, 1.82) is 0 Å². The van der Waals surface area contributed by atoms with Crippen LogP contribution in [0.15, 0.2) is 24.3 Å². The zero-order valence-electron chi connectivity index (χ0n) is 14.6. The number of carbonyl (C=O) groups excluding carboxylic acids is 1. The number of hydrogen-bond donors (Lipinski definition) is 1. The van der Waals surface area contributed by atoms with Gasteiger partial charge in [-0.1, -0.05) is 12.1 Å². The molecule has 1 heterocycles. The Morgan fingerprint density at radius 2 is 1.83 bits per heavy atom. The third-order valence-corrected chi connectivity index (χ3v) is 4.91. The van der Waals surface area contributed by atoms with Gasteiger partial charge in [0.1, 0.15) is 17.0 Å². The molecule has 2 atom stereocenters. The standard InChI is InChI=1S/C17H24N2O4S/c1-17(2,3)23-16(22)19-13(15(20)21)10-24-14(19)11-6-8-12(9-7-11)18(4)5/h6-9,13-14H,10H2,1-5H3,(H,20,21)/t13-,14?/m0/s1. The van der Waals surface area contributed by atoms with Crippen molar-refractivity contribution in [2.75, 3.05) is 24.7 Å². The van der Waals surface area contributed by atoms with Gasteiger partial charge in [0.05, 0.1) is 0 Å². The van der Waals surface area contributed by atoms with Crippen LogP contribution in [0.25, 0.3) is 0 Å². The average molecular weight is 352 g/mol. The van der Waals surface area contributed by atoms with Crippen LogP contribution in [0, 0.1) is 0 Å². The van der Waals surface area contributed by atoms with Crippen LogP contribution in [0.3, 0.4) is 0 Å². The number of amides is 1. The molecule has 24 heavy (non-hydrogen) atoms. The normalized spacial score (nSPS) is 20.8. The fourth-order valence-electron chi connectivity index (χ4n) is 2.43. The van der Waals surface area contributed by atoms with Crippen molar-refractivity contribution in [1.82, 2.24) is 4.90 Å². The highest BCUT2D eigenvalue weighted by atomic mass is 32.2.